The van der Waals surface area contributed by atoms with Gasteiger partial charge in [0, 0.05) is 18.9 Å². The van der Waals surface area contributed by atoms with Crippen molar-refractivity contribution in [2.75, 3.05) is 13.1 Å². The first-order chi connectivity index (χ1) is 9.09. The van der Waals surface area contributed by atoms with Crippen LogP contribution < -0.4 is 10.6 Å². The van der Waals surface area contributed by atoms with Gasteiger partial charge in [0.15, 0.2) is 0 Å². The first-order valence-electron chi connectivity index (χ1n) is 5.98. The number of amides is 4. The van der Waals surface area contributed by atoms with Crippen molar-refractivity contribution in [3.8, 4) is 0 Å². The van der Waals surface area contributed by atoms with Crippen LogP contribution in [-0.2, 0) is 16.1 Å². The van der Waals surface area contributed by atoms with Crippen molar-refractivity contribution in [2.45, 2.75) is 18.5 Å². The molecule has 8 heteroatoms. The van der Waals surface area contributed by atoms with E-state index < -0.39 is 11.6 Å². The molecule has 2 fully saturated rings. The van der Waals surface area contributed by atoms with E-state index in [0.717, 1.165) is 0 Å². The van der Waals surface area contributed by atoms with E-state index in [4.69, 9.17) is 0 Å². The fourth-order valence-corrected chi connectivity index (χ4v) is 2.47. The lowest BCUT2D eigenvalue weighted by molar-refractivity contribution is -0.131. The Hall–Kier alpha value is -2.38. The van der Waals surface area contributed by atoms with E-state index in [2.05, 4.69) is 15.7 Å². The topological polar surface area (TPSA) is 96.3 Å². The van der Waals surface area contributed by atoms with Gasteiger partial charge in [0.05, 0.1) is 6.54 Å². The normalized spacial score (nSPS) is 25.8. The molecular formula is C11H13N5O3. The molecule has 0 aromatic carbocycles. The Labute approximate surface area is 108 Å². The molecule has 100 valence electrons. The predicted octanol–water partition coefficient (Wildman–Crippen LogP) is -1.31. The zero-order valence-corrected chi connectivity index (χ0v) is 10.1. The van der Waals surface area contributed by atoms with E-state index in [9.17, 15) is 14.4 Å². The highest BCUT2D eigenvalue weighted by molar-refractivity contribution is 6.07. The van der Waals surface area contributed by atoms with Crippen LogP contribution in [-0.4, -0.2) is 51.2 Å². The standard InChI is InChI=1S/C11H13N5O3/c17-8(6-16-4-1-3-12-16)15-5-2-11(7-15)9(18)13-10(19)14-11/h1,3-4H,2,5-7H2,(H2,13,14,18,19). The maximum absolute atomic E-state index is 12.1. The highest BCUT2D eigenvalue weighted by Gasteiger charge is 2.51. The lowest BCUT2D eigenvalue weighted by Gasteiger charge is -2.21. The molecule has 0 radical (unpaired) electrons. The molecule has 2 N–H and O–H groups in total. The Morgan fingerprint density at radius 3 is 2.95 bits per heavy atom. The second-order valence-corrected chi connectivity index (χ2v) is 4.76. The molecule has 8 nitrogen and oxygen atoms in total. The Morgan fingerprint density at radius 2 is 2.32 bits per heavy atom. The molecule has 1 unspecified atom stereocenters. The third kappa shape index (κ3) is 1.94. The van der Waals surface area contributed by atoms with Crippen LogP contribution >= 0.6 is 0 Å². The van der Waals surface area contributed by atoms with Crippen LogP contribution in [0.25, 0.3) is 0 Å². The number of carbonyl (C=O) groups is 3. The zero-order valence-electron chi connectivity index (χ0n) is 10.1. The maximum atomic E-state index is 12.1. The molecule has 1 spiro atoms. The minimum absolute atomic E-state index is 0.116. The fraction of sp³-hybridized carbons (Fsp3) is 0.455. The number of urea groups is 1. The number of imide groups is 1. The number of hydrogen-bond acceptors (Lipinski definition) is 4. The van der Waals surface area contributed by atoms with Gasteiger partial charge in [-0.2, -0.15) is 5.10 Å². The number of likely N-dealkylation sites (tertiary alicyclic amines) is 1. The largest absolute Gasteiger partial charge is 0.338 e. The molecule has 2 aliphatic rings. The van der Waals surface area contributed by atoms with Crippen molar-refractivity contribution >= 4 is 17.8 Å². The molecule has 3 heterocycles. The molecule has 2 saturated heterocycles. The summed E-state index contributed by atoms with van der Waals surface area (Å²) in [5.74, 6) is -0.471. The van der Waals surface area contributed by atoms with Crippen LogP contribution in [0.2, 0.25) is 0 Å². The van der Waals surface area contributed by atoms with E-state index in [0.29, 0.717) is 13.0 Å². The minimum Gasteiger partial charge on any atom is -0.338 e. The third-order valence-electron chi connectivity index (χ3n) is 3.49. The fourth-order valence-electron chi connectivity index (χ4n) is 2.47. The molecule has 3 rings (SSSR count). The van der Waals surface area contributed by atoms with Crippen LogP contribution in [0.1, 0.15) is 6.42 Å². The van der Waals surface area contributed by atoms with Crippen LogP contribution in [0.15, 0.2) is 18.5 Å². The summed E-state index contributed by atoms with van der Waals surface area (Å²) in [6, 6.07) is 1.25. The Balaban J connectivity index is 1.67. The van der Waals surface area contributed by atoms with Crippen LogP contribution in [0.4, 0.5) is 4.79 Å². The predicted molar refractivity (Wildman–Crippen MR) is 62.8 cm³/mol. The average molecular weight is 263 g/mol. The van der Waals surface area contributed by atoms with Gasteiger partial charge in [-0.05, 0) is 12.5 Å². The number of nitrogens with zero attached hydrogens (tertiary/aromatic N) is 3. The van der Waals surface area contributed by atoms with Gasteiger partial charge in [-0.25, -0.2) is 4.79 Å². The second kappa shape index (κ2) is 4.08. The Bertz CT molecular complexity index is 541. The Morgan fingerprint density at radius 1 is 1.47 bits per heavy atom. The van der Waals surface area contributed by atoms with E-state index >= 15 is 0 Å². The Kier molecular flexibility index (Phi) is 2.51. The van der Waals surface area contributed by atoms with Crippen LogP contribution in [0, 0.1) is 0 Å². The van der Waals surface area contributed by atoms with Crippen LogP contribution in [0.5, 0.6) is 0 Å². The van der Waals surface area contributed by atoms with Crippen molar-refractivity contribution in [3.63, 3.8) is 0 Å². The summed E-state index contributed by atoms with van der Waals surface area (Å²) >= 11 is 0. The lowest BCUT2D eigenvalue weighted by Crippen LogP contribution is -2.49. The summed E-state index contributed by atoms with van der Waals surface area (Å²) in [7, 11) is 0. The number of nitrogens with one attached hydrogen (secondary N) is 2. The monoisotopic (exact) mass is 263 g/mol. The van der Waals surface area contributed by atoms with Gasteiger partial charge in [-0.1, -0.05) is 0 Å². The van der Waals surface area contributed by atoms with Gasteiger partial charge in [0.1, 0.15) is 12.1 Å². The van der Waals surface area contributed by atoms with Gasteiger partial charge in [-0.15, -0.1) is 0 Å². The molecule has 1 aromatic heterocycles. The summed E-state index contributed by atoms with van der Waals surface area (Å²) in [5, 5.41) is 8.78. The number of carbonyl (C=O) groups excluding carboxylic acids is 3. The lowest BCUT2D eigenvalue weighted by atomic mass is 10.00. The van der Waals surface area contributed by atoms with E-state index in [1.807, 2.05) is 0 Å². The summed E-state index contributed by atoms with van der Waals surface area (Å²) in [6.45, 7) is 0.803. The first-order valence-corrected chi connectivity index (χ1v) is 5.98. The number of hydrogen-bond donors (Lipinski definition) is 2. The van der Waals surface area contributed by atoms with Crippen LogP contribution in [0.3, 0.4) is 0 Å². The minimum atomic E-state index is -0.948. The molecule has 4 amide bonds. The van der Waals surface area contributed by atoms with Gasteiger partial charge in [0.25, 0.3) is 5.91 Å². The summed E-state index contributed by atoms with van der Waals surface area (Å²) < 4.78 is 1.53. The molecule has 0 aliphatic carbocycles. The highest BCUT2D eigenvalue weighted by Crippen LogP contribution is 2.24. The quantitative estimate of drug-likeness (QED) is 0.648. The average Bonchev–Trinajstić information content (AvgIpc) is 3.03. The summed E-state index contributed by atoms with van der Waals surface area (Å²) in [4.78, 5) is 36.6. The molecule has 19 heavy (non-hydrogen) atoms. The number of aromatic nitrogens is 2. The molecule has 0 bridgehead atoms. The van der Waals surface area contributed by atoms with E-state index in [1.54, 1.807) is 23.4 Å². The SMILES string of the molecule is O=C1NC(=O)C2(CCN(C(=O)Cn3cccn3)C2)N1. The molecule has 1 aromatic rings. The van der Waals surface area contributed by atoms with Crippen molar-refractivity contribution in [1.82, 2.24) is 25.3 Å². The summed E-state index contributed by atoms with van der Waals surface area (Å²) in [5.41, 5.74) is -0.948. The van der Waals surface area contributed by atoms with E-state index in [-0.39, 0.29) is 24.9 Å². The highest BCUT2D eigenvalue weighted by atomic mass is 16.2. The zero-order chi connectivity index (χ0) is 13.5. The molecule has 1 atom stereocenters. The van der Waals surface area contributed by atoms with Crippen molar-refractivity contribution < 1.29 is 14.4 Å². The smallest absolute Gasteiger partial charge is 0.322 e. The molecule has 0 saturated carbocycles. The van der Waals surface area contributed by atoms with E-state index in [1.165, 1.54) is 4.68 Å². The second-order valence-electron chi connectivity index (χ2n) is 4.76. The third-order valence-corrected chi connectivity index (χ3v) is 3.49. The first kappa shape index (κ1) is 11.7. The maximum Gasteiger partial charge on any atom is 0.322 e. The molecular weight excluding hydrogens is 250 g/mol. The van der Waals surface area contributed by atoms with Gasteiger partial charge >= 0.3 is 6.03 Å². The summed E-state index contributed by atoms with van der Waals surface area (Å²) in [6.07, 6.45) is 3.74. The van der Waals surface area contributed by atoms with Crippen molar-refractivity contribution in [1.29, 1.82) is 0 Å². The van der Waals surface area contributed by atoms with Crippen molar-refractivity contribution in [2.24, 2.45) is 0 Å². The van der Waals surface area contributed by atoms with Gasteiger partial charge in [-0.3, -0.25) is 19.6 Å². The van der Waals surface area contributed by atoms with Crippen molar-refractivity contribution in [3.05, 3.63) is 18.5 Å². The van der Waals surface area contributed by atoms with Gasteiger partial charge in [0.2, 0.25) is 5.91 Å². The number of rotatable bonds is 2. The van der Waals surface area contributed by atoms with Gasteiger partial charge < -0.3 is 10.2 Å². The molecule has 2 aliphatic heterocycles.